The van der Waals surface area contributed by atoms with Crippen LogP contribution in [0.3, 0.4) is 0 Å². The van der Waals surface area contributed by atoms with Gasteiger partial charge in [-0.3, -0.25) is 0 Å². The maximum absolute atomic E-state index is 12.9. The van der Waals surface area contributed by atoms with E-state index in [0.717, 1.165) is 41.8 Å². The number of hydrogen-bond donors (Lipinski definition) is 1. The molecule has 27 heavy (non-hydrogen) atoms. The number of aromatic amines is 1. The van der Waals surface area contributed by atoms with Gasteiger partial charge in [-0.1, -0.05) is 22.9 Å². The molecule has 4 aromatic rings. The number of benzene rings is 1. The van der Waals surface area contributed by atoms with Gasteiger partial charge in [-0.2, -0.15) is 18.2 Å². The number of hydrogen-bond acceptors (Lipinski definition) is 4. The van der Waals surface area contributed by atoms with Crippen LogP contribution in [0.25, 0.3) is 21.3 Å². The highest BCUT2D eigenvalue weighted by Gasteiger charge is 2.32. The molecular formula is C18H12ClF3N4S. The van der Waals surface area contributed by atoms with E-state index in [2.05, 4.69) is 19.9 Å². The topological polar surface area (TPSA) is 44.8 Å². The third kappa shape index (κ3) is 2.83. The number of halogens is 4. The van der Waals surface area contributed by atoms with Gasteiger partial charge >= 0.3 is 6.18 Å². The Labute approximate surface area is 160 Å². The van der Waals surface area contributed by atoms with E-state index in [4.69, 9.17) is 11.6 Å². The number of thiazole rings is 1. The van der Waals surface area contributed by atoms with Gasteiger partial charge in [0.25, 0.3) is 0 Å². The summed E-state index contributed by atoms with van der Waals surface area (Å²) in [6.45, 7) is 1.35. The van der Waals surface area contributed by atoms with Crippen LogP contribution in [0.4, 0.5) is 18.3 Å². The summed E-state index contributed by atoms with van der Waals surface area (Å²) in [5.41, 5.74) is 2.95. The molecule has 0 saturated carbocycles. The largest absolute Gasteiger partial charge is 0.417 e. The number of nitrogens with one attached hydrogen (secondary N) is 1. The lowest BCUT2D eigenvalue weighted by molar-refractivity contribution is -0.137. The first-order valence-electron chi connectivity index (χ1n) is 8.26. The first-order valence-corrected chi connectivity index (χ1v) is 9.45. The Morgan fingerprint density at radius 2 is 2.07 bits per heavy atom. The minimum atomic E-state index is -4.41. The van der Waals surface area contributed by atoms with Gasteiger partial charge in [0.2, 0.25) is 0 Å². The molecule has 5 rings (SSSR count). The molecule has 0 spiro atoms. The fourth-order valence-corrected chi connectivity index (χ4v) is 4.64. The molecule has 1 aliphatic heterocycles. The van der Waals surface area contributed by atoms with Crippen molar-refractivity contribution in [2.75, 3.05) is 11.4 Å². The highest BCUT2D eigenvalue weighted by Crippen LogP contribution is 2.36. The molecule has 0 amide bonds. The third-order valence-corrected chi connectivity index (χ3v) is 6.06. The summed E-state index contributed by atoms with van der Waals surface area (Å²) in [7, 11) is 0. The van der Waals surface area contributed by atoms with Gasteiger partial charge in [0.1, 0.15) is 0 Å². The molecule has 0 atom stereocenters. The van der Waals surface area contributed by atoms with Crippen LogP contribution in [0, 0.1) is 0 Å². The first kappa shape index (κ1) is 16.8. The second kappa shape index (κ2) is 5.84. The molecule has 9 heteroatoms. The van der Waals surface area contributed by atoms with Gasteiger partial charge in [0.15, 0.2) is 10.8 Å². The Hall–Kier alpha value is -2.32. The molecule has 0 unspecified atom stereocenters. The van der Waals surface area contributed by atoms with E-state index in [1.165, 1.54) is 16.9 Å². The number of anilines is 1. The van der Waals surface area contributed by atoms with Crippen molar-refractivity contribution in [3.05, 3.63) is 52.3 Å². The van der Waals surface area contributed by atoms with Crippen molar-refractivity contribution < 1.29 is 13.2 Å². The van der Waals surface area contributed by atoms with Gasteiger partial charge in [0, 0.05) is 34.4 Å². The molecule has 0 aliphatic carbocycles. The van der Waals surface area contributed by atoms with E-state index in [1.54, 1.807) is 0 Å². The van der Waals surface area contributed by atoms with E-state index in [1.807, 2.05) is 18.2 Å². The molecular weight excluding hydrogens is 397 g/mol. The van der Waals surface area contributed by atoms with Crippen molar-refractivity contribution >= 4 is 49.3 Å². The molecule has 4 heterocycles. The molecule has 0 saturated heterocycles. The number of alkyl halides is 3. The number of nitrogens with zero attached hydrogens (tertiary/aromatic N) is 3. The molecule has 0 fully saturated rings. The van der Waals surface area contributed by atoms with Gasteiger partial charge in [-0.25, -0.2) is 4.98 Å². The number of aromatic nitrogens is 3. The average molecular weight is 409 g/mol. The first-order chi connectivity index (χ1) is 12.9. The van der Waals surface area contributed by atoms with Gasteiger partial charge in [0.05, 0.1) is 16.8 Å². The lowest BCUT2D eigenvalue weighted by atomic mass is 10.0. The summed E-state index contributed by atoms with van der Waals surface area (Å²) in [6.07, 6.45) is -2.76. The SMILES string of the molecule is FC(F)(F)c1cnc2nc(N3CCc4c([nH]c5ccc(Cl)cc45)C3)sc2c1. The zero-order chi connectivity index (χ0) is 18.8. The van der Waals surface area contributed by atoms with E-state index in [9.17, 15) is 13.2 Å². The smallest absolute Gasteiger partial charge is 0.357 e. The quantitative estimate of drug-likeness (QED) is 0.458. The molecule has 1 aliphatic rings. The summed E-state index contributed by atoms with van der Waals surface area (Å²) in [6, 6.07) is 6.88. The normalized spacial score (nSPS) is 14.9. The minimum Gasteiger partial charge on any atom is -0.357 e. The number of fused-ring (bicyclic) bond motifs is 4. The molecule has 1 aromatic carbocycles. The van der Waals surface area contributed by atoms with E-state index in [0.29, 0.717) is 27.0 Å². The fraction of sp³-hybridized carbons (Fsp3) is 0.222. The zero-order valence-corrected chi connectivity index (χ0v) is 15.3. The number of rotatable bonds is 1. The summed E-state index contributed by atoms with van der Waals surface area (Å²) in [5.74, 6) is 0. The second-order valence-electron chi connectivity index (χ2n) is 6.48. The van der Waals surface area contributed by atoms with E-state index < -0.39 is 11.7 Å². The highest BCUT2D eigenvalue weighted by molar-refractivity contribution is 7.22. The lowest BCUT2D eigenvalue weighted by Crippen LogP contribution is -2.29. The summed E-state index contributed by atoms with van der Waals surface area (Å²) in [4.78, 5) is 13.8. The number of pyridine rings is 1. The lowest BCUT2D eigenvalue weighted by Gasteiger charge is -2.26. The standard InChI is InChI=1S/C18H12ClF3N4S/c19-10-1-2-13-12(6-10)11-3-4-26(8-14(11)24-13)17-25-16-15(27-17)5-9(7-23-16)18(20,21)22/h1-2,5-7,24H,3-4,8H2. The van der Waals surface area contributed by atoms with Crippen LogP contribution in [0.2, 0.25) is 5.02 Å². The Kier molecular flexibility index (Phi) is 3.64. The van der Waals surface area contributed by atoms with Gasteiger partial charge in [-0.05, 0) is 36.2 Å². The third-order valence-electron chi connectivity index (χ3n) is 4.77. The van der Waals surface area contributed by atoms with Crippen LogP contribution < -0.4 is 4.90 Å². The predicted octanol–water partition coefficient (Wildman–Crippen LogP) is 5.41. The van der Waals surface area contributed by atoms with Gasteiger partial charge in [-0.15, -0.1) is 0 Å². The summed E-state index contributed by atoms with van der Waals surface area (Å²) in [5, 5.41) is 2.50. The van der Waals surface area contributed by atoms with Crippen molar-refractivity contribution in [2.24, 2.45) is 0 Å². The Balaban J connectivity index is 1.50. The average Bonchev–Trinajstić information content (AvgIpc) is 3.20. The van der Waals surface area contributed by atoms with Crippen LogP contribution in [0.5, 0.6) is 0 Å². The van der Waals surface area contributed by atoms with Crippen LogP contribution in [0.15, 0.2) is 30.5 Å². The van der Waals surface area contributed by atoms with Crippen LogP contribution in [0.1, 0.15) is 16.8 Å². The summed E-state index contributed by atoms with van der Waals surface area (Å²) >= 11 is 7.35. The van der Waals surface area contributed by atoms with Crippen molar-refractivity contribution in [3.63, 3.8) is 0 Å². The van der Waals surface area contributed by atoms with Crippen molar-refractivity contribution in [1.82, 2.24) is 15.0 Å². The monoisotopic (exact) mass is 408 g/mol. The number of H-pyrrole nitrogens is 1. The Bertz CT molecular complexity index is 1180. The van der Waals surface area contributed by atoms with Crippen molar-refractivity contribution in [2.45, 2.75) is 19.1 Å². The molecule has 0 radical (unpaired) electrons. The predicted molar refractivity (Wildman–Crippen MR) is 100 cm³/mol. The van der Waals surface area contributed by atoms with Crippen molar-refractivity contribution in [1.29, 1.82) is 0 Å². The zero-order valence-electron chi connectivity index (χ0n) is 13.8. The van der Waals surface area contributed by atoms with E-state index in [-0.39, 0.29) is 0 Å². The summed E-state index contributed by atoms with van der Waals surface area (Å²) < 4.78 is 39.1. The Morgan fingerprint density at radius 1 is 1.22 bits per heavy atom. The maximum Gasteiger partial charge on any atom is 0.417 e. The molecule has 4 nitrogen and oxygen atoms in total. The van der Waals surface area contributed by atoms with Crippen LogP contribution in [-0.2, 0) is 19.1 Å². The van der Waals surface area contributed by atoms with E-state index >= 15 is 0 Å². The fourth-order valence-electron chi connectivity index (χ4n) is 3.47. The molecule has 0 bridgehead atoms. The molecule has 138 valence electrons. The minimum absolute atomic E-state index is 0.345. The van der Waals surface area contributed by atoms with Crippen molar-refractivity contribution in [3.8, 4) is 0 Å². The maximum atomic E-state index is 12.9. The second-order valence-corrected chi connectivity index (χ2v) is 7.93. The van der Waals surface area contributed by atoms with Crippen LogP contribution >= 0.6 is 22.9 Å². The Morgan fingerprint density at radius 3 is 2.89 bits per heavy atom. The highest BCUT2D eigenvalue weighted by atomic mass is 35.5. The van der Waals surface area contributed by atoms with Crippen LogP contribution in [-0.4, -0.2) is 21.5 Å². The molecule has 1 N–H and O–H groups in total. The molecule has 3 aromatic heterocycles. The van der Waals surface area contributed by atoms with Gasteiger partial charge < -0.3 is 9.88 Å².